The summed E-state index contributed by atoms with van der Waals surface area (Å²) in [4.78, 5) is 37.4. The molecule has 314 valence electrons. The monoisotopic (exact) mass is 751 g/mol. The van der Waals surface area contributed by atoms with Gasteiger partial charge in [-0.25, -0.2) is 0 Å². The van der Waals surface area contributed by atoms with Crippen LogP contribution < -0.4 is 0 Å². The minimum absolute atomic E-state index is 0.0667. The first-order valence-electron chi connectivity index (χ1n) is 23.2. The second-order valence-electron chi connectivity index (χ2n) is 17.0. The van der Waals surface area contributed by atoms with E-state index in [9.17, 15) is 14.4 Å². The molecule has 0 saturated carbocycles. The molecule has 0 heterocycles. The number of hydrogen-bond acceptors (Lipinski definition) is 6. The van der Waals surface area contributed by atoms with Crippen molar-refractivity contribution in [1.82, 2.24) is 0 Å². The van der Waals surface area contributed by atoms with E-state index in [0.717, 1.165) is 76.0 Å². The molecule has 0 aromatic heterocycles. The molecular formula is C47H90O6. The summed E-state index contributed by atoms with van der Waals surface area (Å²) >= 11 is 0. The van der Waals surface area contributed by atoms with Crippen LogP contribution in [0.4, 0.5) is 0 Å². The van der Waals surface area contributed by atoms with Crippen LogP contribution in [0, 0.1) is 11.8 Å². The Morgan fingerprint density at radius 3 is 0.925 bits per heavy atom. The summed E-state index contributed by atoms with van der Waals surface area (Å²) in [5.74, 6) is 0.747. The van der Waals surface area contributed by atoms with Gasteiger partial charge in [0.2, 0.25) is 0 Å². The van der Waals surface area contributed by atoms with E-state index < -0.39 is 6.10 Å². The smallest absolute Gasteiger partial charge is 0.306 e. The van der Waals surface area contributed by atoms with Crippen molar-refractivity contribution < 1.29 is 28.6 Å². The van der Waals surface area contributed by atoms with Gasteiger partial charge >= 0.3 is 17.9 Å². The van der Waals surface area contributed by atoms with E-state index >= 15 is 0 Å². The average Bonchev–Trinajstić information content (AvgIpc) is 3.12. The van der Waals surface area contributed by atoms with Crippen molar-refractivity contribution in [3.63, 3.8) is 0 Å². The molecule has 0 spiro atoms. The number of rotatable bonds is 41. The first-order valence-corrected chi connectivity index (χ1v) is 23.2. The number of hydrogen-bond donors (Lipinski definition) is 0. The largest absolute Gasteiger partial charge is 0.462 e. The molecule has 6 nitrogen and oxygen atoms in total. The van der Waals surface area contributed by atoms with Gasteiger partial charge in [-0.1, -0.05) is 214 Å². The fourth-order valence-electron chi connectivity index (χ4n) is 6.93. The fourth-order valence-corrected chi connectivity index (χ4v) is 6.93. The third kappa shape index (κ3) is 41.4. The van der Waals surface area contributed by atoms with Gasteiger partial charge in [-0.15, -0.1) is 0 Å². The maximum absolute atomic E-state index is 12.5. The molecule has 0 saturated heterocycles. The van der Waals surface area contributed by atoms with Crippen LogP contribution in [0.15, 0.2) is 0 Å². The molecule has 0 rings (SSSR count). The van der Waals surface area contributed by atoms with Crippen LogP contribution in [0.25, 0.3) is 0 Å². The van der Waals surface area contributed by atoms with Gasteiger partial charge < -0.3 is 14.2 Å². The number of ether oxygens (including phenoxy) is 3. The maximum atomic E-state index is 12.5. The summed E-state index contributed by atoms with van der Waals surface area (Å²) in [6, 6.07) is 0. The summed E-state index contributed by atoms with van der Waals surface area (Å²) in [7, 11) is 0. The normalized spacial score (nSPS) is 12.1. The lowest BCUT2D eigenvalue weighted by atomic mass is 10.0. The predicted molar refractivity (Wildman–Crippen MR) is 224 cm³/mol. The topological polar surface area (TPSA) is 78.9 Å². The van der Waals surface area contributed by atoms with E-state index in [1.807, 2.05) is 0 Å². The summed E-state index contributed by atoms with van der Waals surface area (Å²) in [6.45, 7) is 11.2. The minimum atomic E-state index is -0.758. The van der Waals surface area contributed by atoms with Crippen LogP contribution in [-0.2, 0) is 28.6 Å². The lowest BCUT2D eigenvalue weighted by molar-refractivity contribution is -0.167. The Balaban J connectivity index is 4.00. The molecule has 0 amide bonds. The van der Waals surface area contributed by atoms with Gasteiger partial charge in [0.1, 0.15) is 13.2 Å². The average molecular weight is 751 g/mol. The van der Waals surface area contributed by atoms with E-state index in [2.05, 4.69) is 34.6 Å². The first-order chi connectivity index (χ1) is 25.7. The highest BCUT2D eigenvalue weighted by molar-refractivity contribution is 5.71. The van der Waals surface area contributed by atoms with Crippen molar-refractivity contribution in [1.29, 1.82) is 0 Å². The quantitative estimate of drug-likeness (QED) is 0.0352. The van der Waals surface area contributed by atoms with Crippen molar-refractivity contribution in [2.45, 2.75) is 259 Å². The summed E-state index contributed by atoms with van der Waals surface area (Å²) < 4.78 is 16.6. The van der Waals surface area contributed by atoms with Crippen LogP contribution in [-0.4, -0.2) is 37.2 Å². The van der Waals surface area contributed by atoms with Gasteiger partial charge in [-0.05, 0) is 31.1 Å². The molecule has 0 aliphatic carbocycles. The van der Waals surface area contributed by atoms with Crippen molar-refractivity contribution in [2.24, 2.45) is 11.8 Å². The molecular weight excluding hydrogens is 661 g/mol. The van der Waals surface area contributed by atoms with Crippen molar-refractivity contribution >= 4 is 17.9 Å². The lowest BCUT2D eigenvalue weighted by Gasteiger charge is -2.18. The SMILES string of the molecule is CCCCCCCC(=O)O[C@@H](COC(=O)CCCCCCCCCCCCCCCCCCCCC(C)C)COC(=O)CCCCCCCCC(C)C. The predicted octanol–water partition coefficient (Wildman–Crippen LogP) is 14.6. The molecule has 0 unspecified atom stereocenters. The number of esters is 3. The molecule has 0 aromatic rings. The van der Waals surface area contributed by atoms with Gasteiger partial charge in [-0.2, -0.15) is 0 Å². The van der Waals surface area contributed by atoms with Crippen LogP contribution in [0.3, 0.4) is 0 Å². The van der Waals surface area contributed by atoms with E-state index in [0.29, 0.717) is 19.3 Å². The Morgan fingerprint density at radius 2 is 0.623 bits per heavy atom. The molecule has 0 radical (unpaired) electrons. The Hall–Kier alpha value is -1.59. The minimum Gasteiger partial charge on any atom is -0.462 e. The zero-order valence-corrected chi connectivity index (χ0v) is 36.1. The Labute approximate surface area is 329 Å². The fraction of sp³-hybridized carbons (Fsp3) is 0.936. The number of unbranched alkanes of at least 4 members (excludes halogenated alkanes) is 26. The Bertz CT molecular complexity index is 809. The summed E-state index contributed by atoms with van der Waals surface area (Å²) in [5.41, 5.74) is 0. The highest BCUT2D eigenvalue weighted by Crippen LogP contribution is 2.17. The standard InChI is InChI=1S/C47H90O6/c1-6-7-8-25-34-39-47(50)53-44(41-52-46(49)38-33-29-24-23-27-31-36-43(4)5)40-51-45(48)37-32-28-22-20-18-16-14-12-10-9-11-13-15-17-19-21-26-30-35-42(2)3/h42-44H,6-41H2,1-5H3/t44-/m0/s1. The van der Waals surface area contributed by atoms with Crippen LogP contribution in [0.5, 0.6) is 0 Å². The van der Waals surface area contributed by atoms with Gasteiger partial charge in [0, 0.05) is 19.3 Å². The van der Waals surface area contributed by atoms with Crippen LogP contribution >= 0.6 is 0 Å². The van der Waals surface area contributed by atoms with Crippen LogP contribution in [0.1, 0.15) is 253 Å². The number of carbonyl (C=O) groups is 3. The highest BCUT2D eigenvalue weighted by Gasteiger charge is 2.19. The Morgan fingerprint density at radius 1 is 0.358 bits per heavy atom. The van der Waals surface area contributed by atoms with E-state index in [4.69, 9.17) is 14.2 Å². The first kappa shape index (κ1) is 51.4. The van der Waals surface area contributed by atoms with Gasteiger partial charge in [0.15, 0.2) is 6.10 Å². The third-order valence-corrected chi connectivity index (χ3v) is 10.5. The molecule has 0 bridgehead atoms. The van der Waals surface area contributed by atoms with Crippen molar-refractivity contribution in [2.75, 3.05) is 13.2 Å². The second kappa shape index (κ2) is 40.1. The van der Waals surface area contributed by atoms with E-state index in [1.165, 1.54) is 135 Å². The molecule has 0 aliphatic heterocycles. The zero-order chi connectivity index (χ0) is 39.0. The molecule has 0 N–H and O–H groups in total. The molecule has 6 heteroatoms. The molecule has 0 aromatic carbocycles. The zero-order valence-electron chi connectivity index (χ0n) is 36.1. The maximum Gasteiger partial charge on any atom is 0.306 e. The summed E-state index contributed by atoms with van der Waals surface area (Å²) in [5, 5.41) is 0. The summed E-state index contributed by atoms with van der Waals surface area (Å²) in [6.07, 6.45) is 38.6. The van der Waals surface area contributed by atoms with Gasteiger partial charge in [0.25, 0.3) is 0 Å². The van der Waals surface area contributed by atoms with E-state index in [1.54, 1.807) is 0 Å². The molecule has 0 aliphatic rings. The Kier molecular flexibility index (Phi) is 38.9. The van der Waals surface area contributed by atoms with E-state index in [-0.39, 0.29) is 31.1 Å². The molecule has 0 fully saturated rings. The second-order valence-corrected chi connectivity index (χ2v) is 17.0. The lowest BCUT2D eigenvalue weighted by Crippen LogP contribution is -2.30. The third-order valence-electron chi connectivity index (χ3n) is 10.5. The van der Waals surface area contributed by atoms with Crippen molar-refractivity contribution in [3.8, 4) is 0 Å². The van der Waals surface area contributed by atoms with Gasteiger partial charge in [0.05, 0.1) is 0 Å². The van der Waals surface area contributed by atoms with Crippen LogP contribution in [0.2, 0.25) is 0 Å². The van der Waals surface area contributed by atoms with Crippen molar-refractivity contribution in [3.05, 3.63) is 0 Å². The highest BCUT2D eigenvalue weighted by atomic mass is 16.6. The molecule has 1 atom stereocenters. The van der Waals surface area contributed by atoms with Gasteiger partial charge in [-0.3, -0.25) is 14.4 Å². The number of carbonyl (C=O) groups excluding carboxylic acids is 3. The molecule has 53 heavy (non-hydrogen) atoms.